The molecule has 1 amide bonds. The number of nitrogens with one attached hydrogen (secondary N) is 1. The van der Waals surface area contributed by atoms with Gasteiger partial charge in [-0.05, 0) is 28.8 Å². The van der Waals surface area contributed by atoms with Crippen molar-refractivity contribution in [2.24, 2.45) is 12.0 Å². The topological polar surface area (TPSA) is 82.8 Å². The molecule has 0 saturated heterocycles. The molecule has 3 heterocycles. The zero-order valence-corrected chi connectivity index (χ0v) is 20.5. The van der Waals surface area contributed by atoms with Gasteiger partial charge in [0.15, 0.2) is 5.82 Å². The second-order valence-electron chi connectivity index (χ2n) is 9.49. The highest BCUT2D eigenvalue weighted by molar-refractivity contribution is 6.41. The fraction of sp³-hybridized carbons (Fsp3) is 0.167. The van der Waals surface area contributed by atoms with Crippen LogP contribution < -0.4 is 5.32 Å². The summed E-state index contributed by atoms with van der Waals surface area (Å²) in [6, 6.07) is 27.5. The Morgan fingerprint density at radius 2 is 1.59 bits per heavy atom. The number of carbonyl (C=O) groups is 1. The number of rotatable bonds is 6. The van der Waals surface area contributed by atoms with Gasteiger partial charge in [-0.25, -0.2) is 9.98 Å². The SMILES string of the molecule is Cn1ccnc1CC1=NC2=C(Cc3ccccc3)NC(c3ccccc3)(c3ccc(O)cc3)CN2C1=O. The van der Waals surface area contributed by atoms with Gasteiger partial charge in [-0.3, -0.25) is 9.69 Å². The number of phenols is 1. The third-order valence-corrected chi connectivity index (χ3v) is 7.11. The van der Waals surface area contributed by atoms with Gasteiger partial charge in [-0.2, -0.15) is 0 Å². The van der Waals surface area contributed by atoms with E-state index in [1.807, 2.05) is 66.3 Å². The summed E-state index contributed by atoms with van der Waals surface area (Å²) in [5, 5.41) is 13.8. The summed E-state index contributed by atoms with van der Waals surface area (Å²) in [6.07, 6.45) is 4.55. The van der Waals surface area contributed by atoms with Crippen LogP contribution in [0.3, 0.4) is 0 Å². The van der Waals surface area contributed by atoms with Crippen LogP contribution in [0.2, 0.25) is 0 Å². The molecule has 0 radical (unpaired) electrons. The van der Waals surface area contributed by atoms with Gasteiger partial charge >= 0.3 is 0 Å². The molecule has 1 unspecified atom stereocenters. The Morgan fingerprint density at radius 3 is 2.27 bits per heavy atom. The van der Waals surface area contributed by atoms with Crippen molar-refractivity contribution in [3.63, 3.8) is 0 Å². The summed E-state index contributed by atoms with van der Waals surface area (Å²) in [4.78, 5) is 24.9. The lowest BCUT2D eigenvalue weighted by Gasteiger charge is -2.44. The Bertz CT molecular complexity index is 1510. The lowest BCUT2D eigenvalue weighted by atomic mass is 9.80. The van der Waals surface area contributed by atoms with Crippen molar-refractivity contribution in [2.75, 3.05) is 6.54 Å². The van der Waals surface area contributed by atoms with Crippen LogP contribution in [0.25, 0.3) is 0 Å². The maximum atomic E-state index is 13.8. The van der Waals surface area contributed by atoms with Gasteiger partial charge < -0.3 is 15.0 Å². The van der Waals surface area contributed by atoms with E-state index in [9.17, 15) is 9.90 Å². The first-order valence-corrected chi connectivity index (χ1v) is 12.3. The minimum atomic E-state index is -0.730. The Hall–Kier alpha value is -4.65. The molecule has 0 bridgehead atoms. The fourth-order valence-corrected chi connectivity index (χ4v) is 5.17. The molecule has 3 aromatic carbocycles. The van der Waals surface area contributed by atoms with Gasteiger partial charge in [0.1, 0.15) is 22.8 Å². The van der Waals surface area contributed by atoms with Crippen molar-refractivity contribution in [2.45, 2.75) is 18.4 Å². The van der Waals surface area contributed by atoms with E-state index in [0.717, 1.165) is 28.2 Å². The number of aliphatic imine (C=N–C) groups is 1. The molecule has 184 valence electrons. The third kappa shape index (κ3) is 4.08. The number of fused-ring (bicyclic) bond motifs is 1. The summed E-state index contributed by atoms with van der Waals surface area (Å²) in [6.45, 7) is 0.363. The molecule has 2 aliphatic heterocycles. The molecule has 37 heavy (non-hydrogen) atoms. The van der Waals surface area contributed by atoms with E-state index in [1.165, 1.54) is 0 Å². The third-order valence-electron chi connectivity index (χ3n) is 7.11. The number of hydrogen-bond donors (Lipinski definition) is 2. The average molecular weight is 490 g/mol. The first-order chi connectivity index (χ1) is 18.0. The predicted octanol–water partition coefficient (Wildman–Crippen LogP) is 3.91. The number of hydrogen-bond acceptors (Lipinski definition) is 5. The van der Waals surface area contributed by atoms with Gasteiger partial charge in [0.2, 0.25) is 0 Å². The maximum Gasteiger partial charge on any atom is 0.274 e. The maximum absolute atomic E-state index is 13.8. The second-order valence-corrected chi connectivity index (χ2v) is 9.49. The zero-order valence-electron chi connectivity index (χ0n) is 20.5. The van der Waals surface area contributed by atoms with E-state index >= 15 is 0 Å². The highest BCUT2D eigenvalue weighted by Gasteiger charge is 2.46. The lowest BCUT2D eigenvalue weighted by Crippen LogP contribution is -2.56. The number of aromatic hydroxyl groups is 1. The van der Waals surface area contributed by atoms with Crippen molar-refractivity contribution >= 4 is 11.6 Å². The molecule has 6 rings (SSSR count). The van der Waals surface area contributed by atoms with E-state index in [4.69, 9.17) is 4.99 Å². The number of aryl methyl sites for hydroxylation is 1. The van der Waals surface area contributed by atoms with E-state index in [2.05, 4.69) is 34.6 Å². The molecular weight excluding hydrogens is 462 g/mol. The molecule has 2 N–H and O–H groups in total. The van der Waals surface area contributed by atoms with Crippen LogP contribution in [-0.4, -0.2) is 37.7 Å². The second kappa shape index (κ2) is 9.09. The molecule has 0 aliphatic carbocycles. The average Bonchev–Trinajstić information content (AvgIpc) is 3.48. The van der Waals surface area contributed by atoms with Crippen molar-refractivity contribution in [3.05, 3.63) is 131 Å². The van der Waals surface area contributed by atoms with Gasteiger partial charge in [-0.1, -0.05) is 72.8 Å². The number of amides is 1. The smallest absolute Gasteiger partial charge is 0.274 e. The van der Waals surface area contributed by atoms with Gasteiger partial charge in [-0.15, -0.1) is 0 Å². The molecule has 4 aromatic rings. The number of allylic oxidation sites excluding steroid dienone is 1. The summed E-state index contributed by atoms with van der Waals surface area (Å²) in [5.41, 5.74) is 3.71. The highest BCUT2D eigenvalue weighted by Crippen LogP contribution is 2.40. The number of carbonyl (C=O) groups excluding carboxylic acids is 1. The van der Waals surface area contributed by atoms with E-state index in [-0.39, 0.29) is 11.7 Å². The molecule has 0 fully saturated rings. The lowest BCUT2D eigenvalue weighted by molar-refractivity contribution is -0.122. The normalized spacial score (nSPS) is 19.0. The molecule has 1 aromatic heterocycles. The Balaban J connectivity index is 1.49. The Labute approximate surface area is 215 Å². The quantitative estimate of drug-likeness (QED) is 0.430. The van der Waals surface area contributed by atoms with E-state index in [0.29, 0.717) is 30.9 Å². The predicted molar refractivity (Wildman–Crippen MR) is 142 cm³/mol. The molecule has 0 saturated carbocycles. The Kier molecular flexibility index (Phi) is 5.60. The minimum absolute atomic E-state index is 0.107. The molecular formula is C30H27N5O2. The van der Waals surface area contributed by atoms with Crippen molar-refractivity contribution in [1.82, 2.24) is 19.8 Å². The number of benzene rings is 3. The number of phenolic OH excluding ortho intramolecular Hbond substituents is 1. The molecule has 7 heteroatoms. The first kappa shape index (κ1) is 22.8. The molecule has 0 spiro atoms. The zero-order chi connectivity index (χ0) is 25.4. The minimum Gasteiger partial charge on any atom is -0.508 e. The number of aromatic nitrogens is 2. The van der Waals surface area contributed by atoms with E-state index < -0.39 is 5.54 Å². The largest absolute Gasteiger partial charge is 0.508 e. The Morgan fingerprint density at radius 1 is 0.919 bits per heavy atom. The van der Waals surface area contributed by atoms with Crippen LogP contribution in [0.5, 0.6) is 5.75 Å². The summed E-state index contributed by atoms with van der Waals surface area (Å²) >= 11 is 0. The summed E-state index contributed by atoms with van der Waals surface area (Å²) in [7, 11) is 1.92. The fourth-order valence-electron chi connectivity index (χ4n) is 5.17. The van der Waals surface area contributed by atoms with Crippen LogP contribution >= 0.6 is 0 Å². The van der Waals surface area contributed by atoms with Crippen LogP contribution in [-0.2, 0) is 30.2 Å². The van der Waals surface area contributed by atoms with Crippen LogP contribution in [0, 0.1) is 0 Å². The van der Waals surface area contributed by atoms with E-state index in [1.54, 1.807) is 23.2 Å². The molecule has 1 atom stereocenters. The van der Waals surface area contributed by atoms with Gasteiger partial charge in [0.05, 0.1) is 18.7 Å². The summed E-state index contributed by atoms with van der Waals surface area (Å²) < 4.78 is 1.91. The molecule has 7 nitrogen and oxygen atoms in total. The molecule has 2 aliphatic rings. The summed E-state index contributed by atoms with van der Waals surface area (Å²) in [5.74, 6) is 1.53. The standard InChI is InChI=1S/C30H27N5O2/c1-34-17-16-31-27(34)19-26-29(37)35-20-30(22-10-6-3-7-11-22,23-12-14-24(36)15-13-23)33-25(28(35)32-26)18-21-8-4-2-5-9-21/h2-17,33,36H,18-20H2,1H3. The van der Waals surface area contributed by atoms with Crippen LogP contribution in [0.4, 0.5) is 0 Å². The number of imidazole rings is 1. The van der Waals surface area contributed by atoms with Crippen LogP contribution in [0.1, 0.15) is 22.5 Å². The highest BCUT2D eigenvalue weighted by atomic mass is 16.3. The van der Waals surface area contributed by atoms with Crippen molar-refractivity contribution in [1.29, 1.82) is 0 Å². The monoisotopic (exact) mass is 489 g/mol. The van der Waals surface area contributed by atoms with Gasteiger partial charge in [0, 0.05) is 25.9 Å². The van der Waals surface area contributed by atoms with Crippen molar-refractivity contribution in [3.8, 4) is 5.75 Å². The van der Waals surface area contributed by atoms with Gasteiger partial charge in [0.25, 0.3) is 5.91 Å². The number of nitrogens with zero attached hydrogens (tertiary/aromatic N) is 4. The first-order valence-electron chi connectivity index (χ1n) is 12.3. The van der Waals surface area contributed by atoms with Crippen LogP contribution in [0.15, 0.2) is 114 Å². The van der Waals surface area contributed by atoms with Crippen molar-refractivity contribution < 1.29 is 9.90 Å².